The summed E-state index contributed by atoms with van der Waals surface area (Å²) in [6.45, 7) is 1.43. The van der Waals surface area contributed by atoms with Crippen molar-refractivity contribution in [3.8, 4) is 0 Å². The number of Topliss-reactive ketones (excluding diaryl/α,β-unsaturated/α-hetero) is 1. The molecule has 0 saturated carbocycles. The molecule has 0 atom stereocenters. The molecule has 2 aromatic carbocycles. The van der Waals surface area contributed by atoms with Crippen molar-refractivity contribution >= 4 is 27.4 Å². The molecule has 0 bridgehead atoms. The van der Waals surface area contributed by atoms with Gasteiger partial charge in [-0.15, -0.1) is 0 Å². The van der Waals surface area contributed by atoms with Crippen LogP contribution in [0, 0.1) is 0 Å². The minimum Gasteiger partial charge on any atom is -0.379 e. The van der Waals surface area contributed by atoms with Crippen LogP contribution in [0.15, 0.2) is 59.5 Å². The second-order valence-corrected chi connectivity index (χ2v) is 8.32. The molecule has 148 valence electrons. The minimum atomic E-state index is -3.56. The van der Waals surface area contributed by atoms with E-state index in [0.29, 0.717) is 37.6 Å². The molecule has 0 aliphatic carbocycles. The monoisotopic (exact) mass is 402 g/mol. The number of sulfonamides is 1. The lowest BCUT2D eigenvalue weighted by atomic mass is 10.1. The number of anilines is 1. The third-order valence-electron chi connectivity index (χ3n) is 4.42. The van der Waals surface area contributed by atoms with Gasteiger partial charge in [-0.2, -0.15) is 4.31 Å². The molecule has 0 unspecified atom stereocenters. The summed E-state index contributed by atoms with van der Waals surface area (Å²) < 4.78 is 31.7. The number of hydrogen-bond donors (Lipinski definition) is 1. The predicted molar refractivity (Wildman–Crippen MR) is 105 cm³/mol. The number of rotatable bonds is 7. The van der Waals surface area contributed by atoms with Crippen LogP contribution in [-0.4, -0.2) is 50.7 Å². The highest BCUT2D eigenvalue weighted by Gasteiger charge is 2.26. The van der Waals surface area contributed by atoms with Crippen molar-refractivity contribution in [2.24, 2.45) is 0 Å². The van der Waals surface area contributed by atoms with Gasteiger partial charge < -0.3 is 10.1 Å². The molecule has 1 saturated heterocycles. The maximum absolute atomic E-state index is 12.6. The van der Waals surface area contributed by atoms with Gasteiger partial charge in [-0.3, -0.25) is 9.59 Å². The van der Waals surface area contributed by atoms with Gasteiger partial charge in [-0.25, -0.2) is 8.42 Å². The highest BCUT2D eigenvalue weighted by molar-refractivity contribution is 7.89. The summed E-state index contributed by atoms with van der Waals surface area (Å²) in [6, 6.07) is 14.8. The zero-order valence-electron chi connectivity index (χ0n) is 15.3. The summed E-state index contributed by atoms with van der Waals surface area (Å²) in [5, 5.41) is 2.69. The molecule has 28 heavy (non-hydrogen) atoms. The Morgan fingerprint density at radius 3 is 2.21 bits per heavy atom. The molecule has 3 rings (SSSR count). The van der Waals surface area contributed by atoms with Gasteiger partial charge in [0.05, 0.1) is 18.1 Å². The predicted octanol–water partition coefficient (Wildman–Crippen LogP) is 2.31. The van der Waals surface area contributed by atoms with E-state index in [1.807, 2.05) is 6.07 Å². The maximum Gasteiger partial charge on any atom is 0.243 e. The number of benzene rings is 2. The van der Waals surface area contributed by atoms with Crippen molar-refractivity contribution < 1.29 is 22.7 Å². The number of nitrogens with zero attached hydrogens (tertiary/aromatic N) is 1. The van der Waals surface area contributed by atoms with Crippen LogP contribution in [0.25, 0.3) is 0 Å². The molecule has 1 aliphatic rings. The summed E-state index contributed by atoms with van der Waals surface area (Å²) >= 11 is 0. The molecule has 1 aliphatic heterocycles. The highest BCUT2D eigenvalue weighted by atomic mass is 32.2. The molecule has 1 heterocycles. The summed E-state index contributed by atoms with van der Waals surface area (Å²) in [4.78, 5) is 24.3. The van der Waals surface area contributed by atoms with E-state index in [0.717, 1.165) is 0 Å². The zero-order valence-corrected chi connectivity index (χ0v) is 16.2. The number of ether oxygens (including phenoxy) is 1. The van der Waals surface area contributed by atoms with Gasteiger partial charge in [0.15, 0.2) is 5.78 Å². The van der Waals surface area contributed by atoms with Gasteiger partial charge >= 0.3 is 0 Å². The van der Waals surface area contributed by atoms with E-state index in [-0.39, 0.29) is 29.4 Å². The zero-order chi connectivity index (χ0) is 20.0. The lowest BCUT2D eigenvalue weighted by molar-refractivity contribution is -0.116. The first-order chi connectivity index (χ1) is 13.5. The van der Waals surface area contributed by atoms with E-state index in [4.69, 9.17) is 4.74 Å². The first-order valence-electron chi connectivity index (χ1n) is 9.03. The first kappa shape index (κ1) is 20.2. The van der Waals surface area contributed by atoms with Gasteiger partial charge in [-0.1, -0.05) is 30.3 Å². The van der Waals surface area contributed by atoms with Crippen LogP contribution < -0.4 is 5.32 Å². The number of carbonyl (C=O) groups is 2. The molecule has 0 spiro atoms. The number of hydrogen-bond acceptors (Lipinski definition) is 5. The van der Waals surface area contributed by atoms with Crippen molar-refractivity contribution in [2.75, 3.05) is 31.6 Å². The van der Waals surface area contributed by atoms with E-state index in [1.165, 1.54) is 16.4 Å². The molecule has 0 aromatic heterocycles. The number of morpholine rings is 1. The Morgan fingerprint density at radius 2 is 1.57 bits per heavy atom. The molecule has 1 N–H and O–H groups in total. The van der Waals surface area contributed by atoms with Crippen LogP contribution in [0.4, 0.5) is 5.69 Å². The third-order valence-corrected chi connectivity index (χ3v) is 6.33. The standard InChI is InChI=1S/C20H22N2O5S/c23-19(16-4-2-1-3-5-16)10-11-20(24)21-17-6-8-18(9-7-17)28(25,26)22-12-14-27-15-13-22/h1-9H,10-15H2,(H,21,24). The second-order valence-electron chi connectivity index (χ2n) is 6.38. The molecule has 8 heteroatoms. The summed E-state index contributed by atoms with van der Waals surface area (Å²) in [5.74, 6) is -0.393. The van der Waals surface area contributed by atoms with Crippen LogP contribution in [-0.2, 0) is 19.6 Å². The quantitative estimate of drug-likeness (QED) is 0.718. The highest BCUT2D eigenvalue weighted by Crippen LogP contribution is 2.19. The Labute approximate surface area is 164 Å². The largest absolute Gasteiger partial charge is 0.379 e. The smallest absolute Gasteiger partial charge is 0.243 e. The van der Waals surface area contributed by atoms with E-state index in [1.54, 1.807) is 36.4 Å². The first-order valence-corrected chi connectivity index (χ1v) is 10.5. The number of amides is 1. The minimum absolute atomic E-state index is 0.0571. The van der Waals surface area contributed by atoms with Gasteiger partial charge in [0.1, 0.15) is 0 Å². The van der Waals surface area contributed by atoms with Gasteiger partial charge in [0, 0.05) is 37.2 Å². The Bertz CT molecular complexity index is 921. The van der Waals surface area contributed by atoms with E-state index in [9.17, 15) is 18.0 Å². The topological polar surface area (TPSA) is 92.8 Å². The van der Waals surface area contributed by atoms with Crippen molar-refractivity contribution in [3.63, 3.8) is 0 Å². The molecular formula is C20H22N2O5S. The second kappa shape index (κ2) is 9.09. The average Bonchev–Trinajstić information content (AvgIpc) is 2.73. The molecular weight excluding hydrogens is 380 g/mol. The van der Waals surface area contributed by atoms with Crippen molar-refractivity contribution in [1.29, 1.82) is 0 Å². The lowest BCUT2D eigenvalue weighted by Gasteiger charge is -2.26. The Morgan fingerprint density at radius 1 is 0.929 bits per heavy atom. The van der Waals surface area contributed by atoms with Crippen LogP contribution in [0.1, 0.15) is 23.2 Å². The van der Waals surface area contributed by atoms with Crippen molar-refractivity contribution in [2.45, 2.75) is 17.7 Å². The maximum atomic E-state index is 12.6. The summed E-state index contributed by atoms with van der Waals surface area (Å²) in [5.41, 5.74) is 1.06. The number of ketones is 1. The molecule has 7 nitrogen and oxygen atoms in total. The Balaban J connectivity index is 1.55. The number of nitrogens with one attached hydrogen (secondary N) is 1. The van der Waals surface area contributed by atoms with Crippen LogP contribution in [0.5, 0.6) is 0 Å². The van der Waals surface area contributed by atoms with Gasteiger partial charge in [0.2, 0.25) is 15.9 Å². The fourth-order valence-electron chi connectivity index (χ4n) is 2.87. The SMILES string of the molecule is O=C(CCC(=O)c1ccccc1)Nc1ccc(S(=O)(=O)N2CCOCC2)cc1. The van der Waals surface area contributed by atoms with E-state index >= 15 is 0 Å². The van der Waals surface area contributed by atoms with Crippen LogP contribution in [0.3, 0.4) is 0 Å². The van der Waals surface area contributed by atoms with E-state index < -0.39 is 10.0 Å². The lowest BCUT2D eigenvalue weighted by Crippen LogP contribution is -2.40. The average molecular weight is 402 g/mol. The van der Waals surface area contributed by atoms with Crippen molar-refractivity contribution in [3.05, 3.63) is 60.2 Å². The van der Waals surface area contributed by atoms with Crippen molar-refractivity contribution in [1.82, 2.24) is 4.31 Å². The third kappa shape index (κ3) is 5.03. The van der Waals surface area contributed by atoms with Gasteiger partial charge in [-0.05, 0) is 24.3 Å². The van der Waals surface area contributed by atoms with Crippen LogP contribution in [0.2, 0.25) is 0 Å². The molecule has 2 aromatic rings. The Hall–Kier alpha value is -2.55. The van der Waals surface area contributed by atoms with Crippen LogP contribution >= 0.6 is 0 Å². The molecule has 0 radical (unpaired) electrons. The fraction of sp³-hybridized carbons (Fsp3) is 0.300. The summed E-state index contributed by atoms with van der Waals surface area (Å²) in [7, 11) is -3.56. The molecule has 1 amide bonds. The van der Waals surface area contributed by atoms with E-state index in [2.05, 4.69) is 5.32 Å². The number of carbonyl (C=O) groups excluding carboxylic acids is 2. The fourth-order valence-corrected chi connectivity index (χ4v) is 4.27. The summed E-state index contributed by atoms with van der Waals surface area (Å²) in [6.07, 6.45) is 0.168. The van der Waals surface area contributed by atoms with Gasteiger partial charge in [0.25, 0.3) is 0 Å². The normalized spacial score (nSPS) is 15.1. The molecule has 1 fully saturated rings. The Kier molecular flexibility index (Phi) is 6.56.